The molecule has 0 amide bonds. The van der Waals surface area contributed by atoms with E-state index in [-0.39, 0.29) is 17.1 Å². The van der Waals surface area contributed by atoms with E-state index in [1.54, 1.807) is 30.5 Å². The Bertz CT molecular complexity index is 2030. The van der Waals surface area contributed by atoms with Crippen LogP contribution in [0.5, 0.6) is 23.1 Å². The number of fused-ring (bicyclic) bond motifs is 2. The van der Waals surface area contributed by atoms with Gasteiger partial charge in [0.05, 0.1) is 36.0 Å². The van der Waals surface area contributed by atoms with Crippen LogP contribution in [-0.2, 0) is 7.05 Å². The van der Waals surface area contributed by atoms with Crippen LogP contribution >= 0.6 is 0 Å². The van der Waals surface area contributed by atoms with Crippen LogP contribution in [0.2, 0.25) is 0 Å². The number of anilines is 2. The van der Waals surface area contributed by atoms with Crippen LogP contribution in [0.4, 0.5) is 15.9 Å². The monoisotopic (exact) mass is 563 g/mol. The second kappa shape index (κ2) is 10.8. The van der Waals surface area contributed by atoms with Gasteiger partial charge in [-0.2, -0.15) is 0 Å². The summed E-state index contributed by atoms with van der Waals surface area (Å²) in [6.45, 7) is 1.99. The minimum atomic E-state index is -0.638. The Morgan fingerprint density at radius 1 is 0.881 bits per heavy atom. The van der Waals surface area contributed by atoms with E-state index in [2.05, 4.69) is 20.3 Å². The predicted octanol–water partition coefficient (Wildman–Crippen LogP) is 6.54. The van der Waals surface area contributed by atoms with E-state index in [4.69, 9.17) is 14.2 Å². The fourth-order valence-corrected chi connectivity index (χ4v) is 4.80. The molecule has 6 rings (SSSR count). The summed E-state index contributed by atoms with van der Waals surface area (Å²) in [5.41, 5.74) is 3.90. The first-order valence-corrected chi connectivity index (χ1v) is 13.0. The van der Waals surface area contributed by atoms with Crippen molar-refractivity contribution >= 4 is 33.3 Å². The van der Waals surface area contributed by atoms with Crippen molar-refractivity contribution in [1.29, 1.82) is 0 Å². The molecule has 210 valence electrons. The highest BCUT2D eigenvalue weighted by molar-refractivity contribution is 5.94. The molecule has 0 aliphatic rings. The molecule has 10 heteroatoms. The van der Waals surface area contributed by atoms with Gasteiger partial charge in [0.15, 0.2) is 23.1 Å². The third-order valence-corrected chi connectivity index (χ3v) is 6.97. The Morgan fingerprint density at radius 3 is 2.38 bits per heavy atom. The summed E-state index contributed by atoms with van der Waals surface area (Å²) < 4.78 is 33.8. The van der Waals surface area contributed by atoms with Gasteiger partial charge in [0.2, 0.25) is 11.3 Å². The summed E-state index contributed by atoms with van der Waals surface area (Å²) in [7, 11) is 4.92. The molecule has 42 heavy (non-hydrogen) atoms. The van der Waals surface area contributed by atoms with Crippen LogP contribution in [-0.4, -0.2) is 33.7 Å². The van der Waals surface area contributed by atoms with Gasteiger partial charge in [-0.05, 0) is 36.8 Å². The highest BCUT2D eigenvalue weighted by Crippen LogP contribution is 2.37. The Kier molecular flexibility index (Phi) is 6.87. The van der Waals surface area contributed by atoms with Gasteiger partial charge in [-0.15, -0.1) is 0 Å². The summed E-state index contributed by atoms with van der Waals surface area (Å²) in [4.78, 5) is 26.5. The third kappa shape index (κ3) is 4.83. The number of nitrogens with zero attached hydrogens (tertiary/aromatic N) is 4. The Morgan fingerprint density at radius 2 is 1.64 bits per heavy atom. The van der Waals surface area contributed by atoms with Crippen molar-refractivity contribution in [2.24, 2.45) is 7.05 Å². The molecule has 3 heterocycles. The molecule has 0 aliphatic carbocycles. The number of aryl methyl sites for hydroxylation is 2. The molecule has 3 aromatic carbocycles. The van der Waals surface area contributed by atoms with Crippen LogP contribution in [0.25, 0.3) is 32.9 Å². The minimum absolute atomic E-state index is 0.0428. The van der Waals surface area contributed by atoms with Crippen LogP contribution < -0.4 is 25.0 Å². The first-order chi connectivity index (χ1) is 20.4. The standard InChI is InChI=1S/C32H26FN5O4/c1-18-5-7-19(8-6-18)22-16-38(2)25-11-12-34-31(29(25)30(22)39)37-20-9-10-26(23(33)13-20)42-32-21-14-27(40-3)28(41-4)15-24(21)35-17-36-32/h5-17H,1-4H3,(H,34,37). The van der Waals surface area contributed by atoms with Gasteiger partial charge < -0.3 is 24.1 Å². The van der Waals surface area contributed by atoms with Crippen molar-refractivity contribution in [2.75, 3.05) is 19.5 Å². The van der Waals surface area contributed by atoms with Gasteiger partial charge in [-0.25, -0.2) is 19.3 Å². The molecule has 0 aliphatic heterocycles. The van der Waals surface area contributed by atoms with Gasteiger partial charge in [0, 0.05) is 42.8 Å². The summed E-state index contributed by atoms with van der Waals surface area (Å²) in [5, 5.41) is 4.04. The molecule has 0 fully saturated rings. The number of rotatable bonds is 7. The molecular weight excluding hydrogens is 537 g/mol. The first kappa shape index (κ1) is 26.7. The molecule has 1 N–H and O–H groups in total. The topological polar surface area (TPSA) is 100 Å². The number of hydrogen-bond donors (Lipinski definition) is 1. The van der Waals surface area contributed by atoms with Gasteiger partial charge >= 0.3 is 0 Å². The molecule has 0 atom stereocenters. The number of aromatic nitrogens is 4. The fraction of sp³-hybridized carbons (Fsp3) is 0.125. The number of benzene rings is 3. The van der Waals surface area contributed by atoms with E-state index in [0.717, 1.165) is 11.1 Å². The van der Waals surface area contributed by atoms with Crippen molar-refractivity contribution in [3.63, 3.8) is 0 Å². The third-order valence-electron chi connectivity index (χ3n) is 6.97. The molecule has 3 aromatic heterocycles. The molecule has 0 unspecified atom stereocenters. The maximum Gasteiger partial charge on any atom is 0.230 e. The molecule has 0 spiro atoms. The largest absolute Gasteiger partial charge is 0.493 e. The molecule has 0 saturated carbocycles. The minimum Gasteiger partial charge on any atom is -0.493 e. The van der Waals surface area contributed by atoms with E-state index in [1.807, 2.05) is 49.0 Å². The van der Waals surface area contributed by atoms with Crippen molar-refractivity contribution in [1.82, 2.24) is 19.5 Å². The highest BCUT2D eigenvalue weighted by atomic mass is 19.1. The average molecular weight is 564 g/mol. The Hall–Kier alpha value is -5.51. The van der Waals surface area contributed by atoms with Crippen LogP contribution in [0.3, 0.4) is 0 Å². The molecular formula is C32H26FN5O4. The zero-order valence-electron chi connectivity index (χ0n) is 23.3. The van der Waals surface area contributed by atoms with E-state index in [0.29, 0.717) is 50.4 Å². The smallest absolute Gasteiger partial charge is 0.230 e. The molecule has 0 saturated heterocycles. The first-order valence-electron chi connectivity index (χ1n) is 13.0. The lowest BCUT2D eigenvalue weighted by atomic mass is 10.0. The van der Waals surface area contributed by atoms with Gasteiger partial charge in [-0.1, -0.05) is 29.8 Å². The van der Waals surface area contributed by atoms with Gasteiger partial charge in [0.1, 0.15) is 12.1 Å². The number of methoxy groups -OCH3 is 2. The second-order valence-corrected chi connectivity index (χ2v) is 9.68. The SMILES string of the molecule is COc1cc2ncnc(Oc3ccc(Nc4nccc5c4c(=O)c(-c4ccc(C)cc4)cn5C)cc3F)c2cc1OC. The van der Waals surface area contributed by atoms with Crippen LogP contribution in [0.1, 0.15) is 5.56 Å². The van der Waals surface area contributed by atoms with Crippen molar-refractivity contribution in [3.8, 4) is 34.3 Å². The number of ether oxygens (including phenoxy) is 3. The number of pyridine rings is 2. The summed E-state index contributed by atoms with van der Waals surface area (Å²) in [5.74, 6) is 0.754. The maximum atomic E-state index is 15.3. The summed E-state index contributed by atoms with van der Waals surface area (Å²) in [6, 6.07) is 17.3. The summed E-state index contributed by atoms with van der Waals surface area (Å²) >= 11 is 0. The highest BCUT2D eigenvalue weighted by Gasteiger charge is 2.17. The van der Waals surface area contributed by atoms with Crippen molar-refractivity contribution in [2.45, 2.75) is 6.92 Å². The fourth-order valence-electron chi connectivity index (χ4n) is 4.80. The predicted molar refractivity (Wildman–Crippen MR) is 160 cm³/mol. The quantitative estimate of drug-likeness (QED) is 0.234. The van der Waals surface area contributed by atoms with E-state index in [1.165, 1.54) is 32.7 Å². The maximum absolute atomic E-state index is 15.3. The lowest BCUT2D eigenvalue weighted by Crippen LogP contribution is -2.13. The lowest BCUT2D eigenvalue weighted by Gasteiger charge is -2.14. The number of hydrogen-bond acceptors (Lipinski definition) is 8. The van der Waals surface area contributed by atoms with E-state index < -0.39 is 5.82 Å². The molecule has 0 bridgehead atoms. The zero-order valence-corrected chi connectivity index (χ0v) is 23.3. The van der Waals surface area contributed by atoms with Crippen molar-refractivity contribution < 1.29 is 18.6 Å². The molecule has 6 aromatic rings. The average Bonchev–Trinajstić information content (AvgIpc) is 3.00. The Balaban J connectivity index is 1.34. The second-order valence-electron chi connectivity index (χ2n) is 9.68. The number of nitrogens with one attached hydrogen (secondary N) is 1. The lowest BCUT2D eigenvalue weighted by molar-refractivity contribution is 0.355. The van der Waals surface area contributed by atoms with E-state index in [9.17, 15) is 4.79 Å². The van der Waals surface area contributed by atoms with Gasteiger partial charge in [0.25, 0.3) is 0 Å². The van der Waals surface area contributed by atoms with Gasteiger partial charge in [-0.3, -0.25) is 4.79 Å². The van der Waals surface area contributed by atoms with Crippen molar-refractivity contribution in [3.05, 3.63) is 101 Å². The molecule has 9 nitrogen and oxygen atoms in total. The van der Waals surface area contributed by atoms with Crippen LogP contribution in [0.15, 0.2) is 84.2 Å². The zero-order chi connectivity index (χ0) is 29.4. The Labute approximate surface area is 240 Å². The van der Waals surface area contributed by atoms with Crippen LogP contribution in [0, 0.1) is 12.7 Å². The normalized spacial score (nSPS) is 11.1. The summed E-state index contributed by atoms with van der Waals surface area (Å²) in [6.07, 6.45) is 4.75. The molecule has 0 radical (unpaired) electrons. The number of halogens is 1. The van der Waals surface area contributed by atoms with E-state index >= 15 is 4.39 Å².